The Balaban J connectivity index is 3.13. The lowest BCUT2D eigenvalue weighted by Gasteiger charge is -2.06. The number of rotatable bonds is 9. The smallest absolute Gasteiger partial charge is 0.221 e. The third kappa shape index (κ3) is 11.4. The fourth-order valence-corrected chi connectivity index (χ4v) is 1.32. The van der Waals surface area contributed by atoms with Gasteiger partial charge in [-0.05, 0) is 31.7 Å². The minimum atomic E-state index is 0.160. The van der Waals surface area contributed by atoms with Gasteiger partial charge in [0.05, 0.1) is 0 Å². The molecule has 0 aromatic carbocycles. The van der Waals surface area contributed by atoms with Crippen LogP contribution in [0.25, 0.3) is 0 Å². The van der Waals surface area contributed by atoms with E-state index < -0.39 is 0 Å². The summed E-state index contributed by atoms with van der Waals surface area (Å²) in [5.74, 6) is 0.938. The van der Waals surface area contributed by atoms with Crippen LogP contribution in [0, 0.1) is 5.92 Å². The van der Waals surface area contributed by atoms with E-state index in [1.165, 1.54) is 12.8 Å². The average Bonchev–Trinajstić information content (AvgIpc) is 2.19. The van der Waals surface area contributed by atoms with Crippen molar-refractivity contribution in [3.05, 3.63) is 0 Å². The molecule has 0 fully saturated rings. The highest BCUT2D eigenvalue weighted by molar-refractivity contribution is 5.75. The fourth-order valence-electron chi connectivity index (χ4n) is 1.32. The SMILES string of the molecule is CCCNC(=O)CCNCCCC(C)C. The maximum atomic E-state index is 11.2. The molecule has 0 unspecified atom stereocenters. The second kappa shape index (κ2) is 9.97. The molecule has 0 aromatic rings. The van der Waals surface area contributed by atoms with Crippen LogP contribution < -0.4 is 10.6 Å². The minimum Gasteiger partial charge on any atom is -0.356 e. The predicted octanol–water partition coefficient (Wildman–Crippen LogP) is 1.93. The molecule has 0 rings (SSSR count). The fraction of sp³-hybridized carbons (Fsp3) is 0.917. The molecule has 15 heavy (non-hydrogen) atoms. The molecular formula is C12H26N2O. The summed E-state index contributed by atoms with van der Waals surface area (Å²) in [6.07, 6.45) is 4.07. The van der Waals surface area contributed by atoms with Gasteiger partial charge in [-0.3, -0.25) is 4.79 Å². The van der Waals surface area contributed by atoms with Crippen molar-refractivity contribution >= 4 is 5.91 Å². The van der Waals surface area contributed by atoms with E-state index in [4.69, 9.17) is 0 Å². The van der Waals surface area contributed by atoms with Gasteiger partial charge in [0, 0.05) is 19.5 Å². The van der Waals surface area contributed by atoms with Crippen molar-refractivity contribution in [3.8, 4) is 0 Å². The van der Waals surface area contributed by atoms with Gasteiger partial charge in [-0.2, -0.15) is 0 Å². The summed E-state index contributed by atoms with van der Waals surface area (Å²) < 4.78 is 0. The van der Waals surface area contributed by atoms with E-state index in [1.807, 2.05) is 0 Å². The Morgan fingerprint density at radius 1 is 1.20 bits per heavy atom. The molecule has 0 atom stereocenters. The zero-order valence-electron chi connectivity index (χ0n) is 10.4. The molecule has 0 aromatic heterocycles. The van der Waals surface area contributed by atoms with Crippen LogP contribution in [0.1, 0.15) is 46.5 Å². The van der Waals surface area contributed by atoms with E-state index in [9.17, 15) is 4.79 Å². The molecule has 0 aliphatic rings. The Kier molecular flexibility index (Phi) is 9.59. The van der Waals surface area contributed by atoms with Crippen molar-refractivity contribution in [2.24, 2.45) is 5.92 Å². The molecule has 1 amide bonds. The van der Waals surface area contributed by atoms with Gasteiger partial charge >= 0.3 is 0 Å². The van der Waals surface area contributed by atoms with Crippen LogP contribution in [0.4, 0.5) is 0 Å². The minimum absolute atomic E-state index is 0.160. The zero-order valence-corrected chi connectivity index (χ0v) is 10.4. The van der Waals surface area contributed by atoms with Gasteiger partial charge in [-0.15, -0.1) is 0 Å². The van der Waals surface area contributed by atoms with Crippen LogP contribution in [0.5, 0.6) is 0 Å². The van der Waals surface area contributed by atoms with Crippen LogP contribution in [-0.2, 0) is 4.79 Å². The van der Waals surface area contributed by atoms with Gasteiger partial charge < -0.3 is 10.6 Å². The molecule has 0 spiro atoms. The lowest BCUT2D eigenvalue weighted by atomic mass is 10.1. The van der Waals surface area contributed by atoms with Crippen LogP contribution in [0.3, 0.4) is 0 Å². The summed E-state index contributed by atoms with van der Waals surface area (Å²) in [5.41, 5.74) is 0. The van der Waals surface area contributed by atoms with E-state index in [1.54, 1.807) is 0 Å². The number of carbonyl (C=O) groups is 1. The van der Waals surface area contributed by atoms with Crippen LogP contribution in [0.2, 0.25) is 0 Å². The lowest BCUT2D eigenvalue weighted by Crippen LogP contribution is -2.28. The van der Waals surface area contributed by atoms with Crippen LogP contribution in [0.15, 0.2) is 0 Å². The summed E-state index contributed by atoms with van der Waals surface area (Å²) >= 11 is 0. The van der Waals surface area contributed by atoms with E-state index in [-0.39, 0.29) is 5.91 Å². The second-order valence-corrected chi connectivity index (χ2v) is 4.39. The van der Waals surface area contributed by atoms with Gasteiger partial charge in [-0.1, -0.05) is 20.8 Å². The van der Waals surface area contributed by atoms with Crippen molar-refractivity contribution < 1.29 is 4.79 Å². The largest absolute Gasteiger partial charge is 0.356 e. The Bertz CT molecular complexity index is 158. The first-order chi connectivity index (χ1) is 7.16. The monoisotopic (exact) mass is 214 g/mol. The Morgan fingerprint density at radius 3 is 2.53 bits per heavy atom. The van der Waals surface area contributed by atoms with Crippen molar-refractivity contribution in [2.75, 3.05) is 19.6 Å². The summed E-state index contributed by atoms with van der Waals surface area (Å²) in [5, 5.41) is 6.15. The molecule has 3 heteroatoms. The Hall–Kier alpha value is -0.570. The normalized spacial score (nSPS) is 10.7. The van der Waals surface area contributed by atoms with Crippen molar-refractivity contribution in [2.45, 2.75) is 46.5 Å². The van der Waals surface area contributed by atoms with Gasteiger partial charge in [0.25, 0.3) is 0 Å². The zero-order chi connectivity index (χ0) is 11.5. The number of nitrogens with one attached hydrogen (secondary N) is 2. The molecule has 90 valence electrons. The molecule has 0 saturated heterocycles. The maximum absolute atomic E-state index is 11.2. The highest BCUT2D eigenvalue weighted by Gasteiger charge is 1.98. The molecule has 0 saturated carbocycles. The topological polar surface area (TPSA) is 41.1 Å². The molecule has 0 aliphatic heterocycles. The maximum Gasteiger partial charge on any atom is 0.221 e. The third-order valence-corrected chi connectivity index (χ3v) is 2.24. The first-order valence-corrected chi connectivity index (χ1v) is 6.14. The molecule has 0 heterocycles. The average molecular weight is 214 g/mol. The summed E-state index contributed by atoms with van der Waals surface area (Å²) in [4.78, 5) is 11.2. The van der Waals surface area contributed by atoms with E-state index in [0.717, 1.165) is 32.0 Å². The molecular weight excluding hydrogens is 188 g/mol. The Labute approximate surface area is 94.0 Å². The number of hydrogen-bond donors (Lipinski definition) is 2. The number of hydrogen-bond acceptors (Lipinski definition) is 2. The van der Waals surface area contributed by atoms with Gasteiger partial charge in [0.15, 0.2) is 0 Å². The van der Waals surface area contributed by atoms with Crippen LogP contribution in [-0.4, -0.2) is 25.5 Å². The van der Waals surface area contributed by atoms with Crippen molar-refractivity contribution in [1.29, 1.82) is 0 Å². The van der Waals surface area contributed by atoms with Gasteiger partial charge in [-0.25, -0.2) is 0 Å². The van der Waals surface area contributed by atoms with Crippen molar-refractivity contribution in [1.82, 2.24) is 10.6 Å². The van der Waals surface area contributed by atoms with Gasteiger partial charge in [0.1, 0.15) is 0 Å². The lowest BCUT2D eigenvalue weighted by molar-refractivity contribution is -0.120. The second-order valence-electron chi connectivity index (χ2n) is 4.39. The number of carbonyl (C=O) groups excluding carboxylic acids is 1. The van der Waals surface area contributed by atoms with Gasteiger partial charge in [0.2, 0.25) is 5.91 Å². The summed E-state index contributed by atoms with van der Waals surface area (Å²) in [6.45, 7) is 9.15. The van der Waals surface area contributed by atoms with Crippen molar-refractivity contribution in [3.63, 3.8) is 0 Å². The molecule has 3 nitrogen and oxygen atoms in total. The summed E-state index contributed by atoms with van der Waals surface area (Å²) in [6, 6.07) is 0. The van der Waals surface area contributed by atoms with E-state index in [2.05, 4.69) is 31.4 Å². The first kappa shape index (κ1) is 14.4. The highest BCUT2D eigenvalue weighted by Crippen LogP contribution is 2.01. The molecule has 0 radical (unpaired) electrons. The van der Waals surface area contributed by atoms with E-state index >= 15 is 0 Å². The molecule has 0 bridgehead atoms. The molecule has 2 N–H and O–H groups in total. The summed E-state index contributed by atoms with van der Waals surface area (Å²) in [7, 11) is 0. The number of amides is 1. The molecule has 0 aliphatic carbocycles. The third-order valence-electron chi connectivity index (χ3n) is 2.24. The first-order valence-electron chi connectivity index (χ1n) is 6.14. The van der Waals surface area contributed by atoms with E-state index in [0.29, 0.717) is 6.42 Å². The quantitative estimate of drug-likeness (QED) is 0.576. The predicted molar refractivity (Wildman–Crippen MR) is 64.9 cm³/mol. The Morgan fingerprint density at radius 2 is 1.93 bits per heavy atom. The van der Waals surface area contributed by atoms with Crippen LogP contribution >= 0.6 is 0 Å². The highest BCUT2D eigenvalue weighted by atomic mass is 16.1. The standard InChI is InChI=1S/C12H26N2O/c1-4-8-14-12(15)7-10-13-9-5-6-11(2)3/h11,13H,4-10H2,1-3H3,(H,14,15).